The number of nitrogens with zero attached hydrogens (tertiary/aromatic N) is 1. The van der Waals surface area contributed by atoms with Crippen LogP contribution in [0.1, 0.15) is 45.3 Å². The van der Waals surface area contributed by atoms with Crippen LogP contribution >= 0.6 is 0 Å². The van der Waals surface area contributed by atoms with Crippen LogP contribution in [0.5, 0.6) is 0 Å². The number of rotatable bonds is 5. The predicted octanol–water partition coefficient (Wildman–Crippen LogP) is 3.84. The molecule has 0 spiro atoms. The van der Waals surface area contributed by atoms with E-state index < -0.39 is 11.9 Å². The smallest absolute Gasteiger partial charge is 0.337 e. The number of benzene rings is 2. The van der Waals surface area contributed by atoms with Crippen LogP contribution in [0.4, 0.5) is 11.4 Å². The van der Waals surface area contributed by atoms with Gasteiger partial charge >= 0.3 is 5.97 Å². The Balaban J connectivity index is 1.65. The van der Waals surface area contributed by atoms with Gasteiger partial charge in [-0.05, 0) is 37.1 Å². The quantitative estimate of drug-likeness (QED) is 0.577. The molecule has 1 fully saturated rings. The van der Waals surface area contributed by atoms with Crippen LogP contribution in [0.25, 0.3) is 10.9 Å². The lowest BCUT2D eigenvalue weighted by molar-refractivity contribution is 0.0697. The van der Waals surface area contributed by atoms with Crippen LogP contribution < -0.4 is 10.6 Å². The molecule has 8 nitrogen and oxygen atoms in total. The number of carboxylic acids is 1. The predicted molar refractivity (Wildman–Crippen MR) is 117 cm³/mol. The second kappa shape index (κ2) is 8.61. The molecule has 0 bridgehead atoms. The highest BCUT2D eigenvalue weighted by atomic mass is 16.5. The van der Waals surface area contributed by atoms with Crippen LogP contribution in [0.2, 0.25) is 0 Å². The standard InChI is InChI=1S/C23H23N3O5/c1-14(27)26-13-19(17-4-2-3-5-21(17)26)22(28)25-20-12-16(6-7-18(20)23(29)30)24-15-8-10-31-11-9-15/h2-7,12-13,15,24H,8-11H2,1H3,(H,25,28)(H,29,30). The normalized spacial score (nSPS) is 14.4. The van der Waals surface area contributed by atoms with Gasteiger partial charge in [0, 0.05) is 43.4 Å². The molecule has 1 aromatic heterocycles. The van der Waals surface area contributed by atoms with E-state index in [1.54, 1.807) is 36.4 Å². The Morgan fingerprint density at radius 1 is 1.06 bits per heavy atom. The molecule has 3 N–H and O–H groups in total. The van der Waals surface area contributed by atoms with Crippen molar-refractivity contribution in [3.63, 3.8) is 0 Å². The molecule has 160 valence electrons. The fourth-order valence-corrected chi connectivity index (χ4v) is 3.81. The van der Waals surface area contributed by atoms with Crippen LogP contribution in [0.3, 0.4) is 0 Å². The summed E-state index contributed by atoms with van der Waals surface area (Å²) < 4.78 is 6.77. The maximum Gasteiger partial charge on any atom is 0.337 e. The van der Waals surface area contributed by atoms with E-state index in [-0.39, 0.29) is 23.2 Å². The van der Waals surface area contributed by atoms with Crippen LogP contribution in [-0.4, -0.2) is 46.7 Å². The molecule has 2 aromatic carbocycles. The fourth-order valence-electron chi connectivity index (χ4n) is 3.81. The summed E-state index contributed by atoms with van der Waals surface area (Å²) in [6.07, 6.45) is 3.19. The first-order chi connectivity index (χ1) is 14.9. The largest absolute Gasteiger partial charge is 0.478 e. The van der Waals surface area contributed by atoms with E-state index in [1.165, 1.54) is 23.8 Å². The van der Waals surface area contributed by atoms with Crippen LogP contribution in [0, 0.1) is 0 Å². The van der Waals surface area contributed by atoms with Crippen LogP contribution in [-0.2, 0) is 4.74 Å². The number of para-hydroxylation sites is 1. The number of hydrogen-bond donors (Lipinski definition) is 3. The minimum atomic E-state index is -1.14. The second-order valence-electron chi connectivity index (χ2n) is 7.50. The number of fused-ring (bicyclic) bond motifs is 1. The Morgan fingerprint density at radius 3 is 2.52 bits per heavy atom. The van der Waals surface area contributed by atoms with Crippen LogP contribution in [0.15, 0.2) is 48.7 Å². The molecule has 2 heterocycles. The number of ether oxygens (including phenoxy) is 1. The minimum absolute atomic E-state index is 0.0128. The molecule has 0 aliphatic carbocycles. The fraction of sp³-hybridized carbons (Fsp3) is 0.261. The summed E-state index contributed by atoms with van der Waals surface area (Å²) in [6, 6.07) is 12.1. The molecule has 31 heavy (non-hydrogen) atoms. The lowest BCUT2D eigenvalue weighted by Gasteiger charge is -2.24. The molecule has 1 amide bonds. The molecular weight excluding hydrogens is 398 g/mol. The minimum Gasteiger partial charge on any atom is -0.478 e. The number of nitrogens with one attached hydrogen (secondary N) is 2. The van der Waals surface area contributed by atoms with Gasteiger partial charge in [-0.15, -0.1) is 0 Å². The second-order valence-corrected chi connectivity index (χ2v) is 7.50. The average molecular weight is 421 g/mol. The van der Waals surface area contributed by atoms with Crippen molar-refractivity contribution in [3.05, 3.63) is 59.8 Å². The lowest BCUT2D eigenvalue weighted by Crippen LogP contribution is -2.28. The van der Waals surface area contributed by atoms with E-state index >= 15 is 0 Å². The molecule has 3 aromatic rings. The van der Waals surface area contributed by atoms with Gasteiger partial charge < -0.3 is 20.5 Å². The molecule has 0 atom stereocenters. The molecule has 1 saturated heterocycles. The Labute approximate surface area is 178 Å². The molecule has 0 radical (unpaired) electrons. The molecule has 0 saturated carbocycles. The first kappa shape index (κ1) is 20.6. The summed E-state index contributed by atoms with van der Waals surface area (Å²) in [5.74, 6) is -1.84. The van der Waals surface area contributed by atoms with E-state index in [0.717, 1.165) is 18.5 Å². The molecule has 1 aliphatic rings. The summed E-state index contributed by atoms with van der Waals surface area (Å²) in [5.41, 5.74) is 1.81. The number of anilines is 2. The van der Waals surface area contributed by atoms with Gasteiger partial charge in [0.05, 0.1) is 22.3 Å². The van der Waals surface area contributed by atoms with Gasteiger partial charge in [-0.2, -0.15) is 0 Å². The Morgan fingerprint density at radius 2 is 1.81 bits per heavy atom. The molecule has 1 aliphatic heterocycles. The van der Waals surface area contributed by atoms with E-state index in [1.807, 2.05) is 0 Å². The van der Waals surface area contributed by atoms with Gasteiger partial charge in [-0.25, -0.2) is 4.79 Å². The zero-order valence-corrected chi connectivity index (χ0v) is 17.1. The van der Waals surface area contributed by atoms with Crippen molar-refractivity contribution in [1.29, 1.82) is 0 Å². The average Bonchev–Trinajstić information content (AvgIpc) is 3.15. The zero-order valence-electron chi connectivity index (χ0n) is 17.1. The van der Waals surface area contributed by atoms with Crippen molar-refractivity contribution in [2.45, 2.75) is 25.8 Å². The van der Waals surface area contributed by atoms with E-state index in [9.17, 15) is 19.5 Å². The van der Waals surface area contributed by atoms with Crippen molar-refractivity contribution in [2.75, 3.05) is 23.8 Å². The Bertz CT molecular complexity index is 1160. The highest BCUT2D eigenvalue weighted by Crippen LogP contribution is 2.26. The molecular formula is C23H23N3O5. The third-order valence-corrected chi connectivity index (χ3v) is 5.39. The maximum atomic E-state index is 13.1. The third kappa shape index (κ3) is 4.29. The van der Waals surface area contributed by atoms with Gasteiger partial charge in [0.1, 0.15) is 0 Å². The number of carboxylic acid groups (broad SMARTS) is 1. The number of carbonyl (C=O) groups excluding carboxylic acids is 2. The molecule has 8 heteroatoms. The number of aromatic carboxylic acids is 1. The Kier molecular flexibility index (Phi) is 5.73. The van der Waals surface area contributed by atoms with Gasteiger partial charge in [0.25, 0.3) is 5.91 Å². The third-order valence-electron chi connectivity index (χ3n) is 5.39. The van der Waals surface area contributed by atoms with Gasteiger partial charge in [0.15, 0.2) is 0 Å². The molecule has 0 unspecified atom stereocenters. The van der Waals surface area contributed by atoms with Crippen molar-refractivity contribution in [3.8, 4) is 0 Å². The first-order valence-corrected chi connectivity index (χ1v) is 10.1. The number of hydrogen-bond acceptors (Lipinski definition) is 5. The maximum absolute atomic E-state index is 13.1. The van der Waals surface area contributed by atoms with E-state index in [4.69, 9.17) is 4.74 Å². The summed E-state index contributed by atoms with van der Waals surface area (Å²) in [7, 11) is 0. The van der Waals surface area contributed by atoms with Gasteiger partial charge in [-0.1, -0.05) is 18.2 Å². The number of amides is 1. The topological polar surface area (TPSA) is 110 Å². The van der Waals surface area contributed by atoms with Crippen molar-refractivity contribution in [1.82, 2.24) is 4.57 Å². The van der Waals surface area contributed by atoms with Crippen molar-refractivity contribution >= 4 is 40.1 Å². The SMILES string of the molecule is CC(=O)n1cc(C(=O)Nc2cc(NC3CCOCC3)ccc2C(=O)O)c2ccccc21. The zero-order chi connectivity index (χ0) is 22.0. The summed E-state index contributed by atoms with van der Waals surface area (Å²) >= 11 is 0. The van der Waals surface area contributed by atoms with Gasteiger partial charge in [0.2, 0.25) is 5.91 Å². The van der Waals surface area contributed by atoms with Crippen molar-refractivity contribution < 1.29 is 24.2 Å². The lowest BCUT2D eigenvalue weighted by atomic mass is 10.1. The van der Waals surface area contributed by atoms with Gasteiger partial charge in [-0.3, -0.25) is 14.2 Å². The molecule has 4 rings (SSSR count). The highest BCUT2D eigenvalue weighted by Gasteiger charge is 2.20. The summed E-state index contributed by atoms with van der Waals surface area (Å²) in [6.45, 7) is 2.77. The van der Waals surface area contributed by atoms with E-state index in [2.05, 4.69) is 10.6 Å². The summed E-state index contributed by atoms with van der Waals surface area (Å²) in [4.78, 5) is 36.8. The van der Waals surface area contributed by atoms with E-state index in [0.29, 0.717) is 29.7 Å². The Hall–Kier alpha value is -3.65. The summed E-state index contributed by atoms with van der Waals surface area (Å²) in [5, 5.41) is 16.3. The first-order valence-electron chi connectivity index (χ1n) is 10.1. The number of aromatic nitrogens is 1. The number of carbonyl (C=O) groups is 3. The monoisotopic (exact) mass is 421 g/mol. The highest BCUT2D eigenvalue weighted by molar-refractivity contribution is 6.15. The van der Waals surface area contributed by atoms with Crippen molar-refractivity contribution in [2.24, 2.45) is 0 Å².